The average Bonchev–Trinajstić information content (AvgIpc) is 3.23. The molecule has 2 aliphatic rings. The van der Waals surface area contributed by atoms with Crippen molar-refractivity contribution >= 4 is 47.4 Å². The van der Waals surface area contributed by atoms with Crippen molar-refractivity contribution in [2.24, 2.45) is 4.99 Å². The van der Waals surface area contributed by atoms with Crippen LogP contribution in [-0.2, 0) is 9.53 Å². The first kappa shape index (κ1) is 23.2. The van der Waals surface area contributed by atoms with E-state index in [9.17, 15) is 9.90 Å². The second-order valence-corrected chi connectivity index (χ2v) is 7.25. The normalized spacial score (nSPS) is 21.2. The highest BCUT2D eigenvalue weighted by Gasteiger charge is 2.30. The number of benzene rings is 1. The molecule has 0 spiro atoms. The van der Waals surface area contributed by atoms with Gasteiger partial charge >= 0.3 is 0 Å². The third-order valence-corrected chi connectivity index (χ3v) is 5.27. The number of rotatable bonds is 4. The lowest BCUT2D eigenvalue weighted by Gasteiger charge is -2.37. The number of nitrogens with one attached hydrogen (secondary N) is 1. The third-order valence-electron chi connectivity index (χ3n) is 5.02. The molecule has 2 aliphatic heterocycles. The molecule has 28 heavy (non-hydrogen) atoms. The number of carbonyl (C=O) groups is 1. The fourth-order valence-corrected chi connectivity index (χ4v) is 3.56. The maximum absolute atomic E-state index is 12.4. The summed E-state index contributed by atoms with van der Waals surface area (Å²) in [6, 6.07) is 7.15. The van der Waals surface area contributed by atoms with E-state index < -0.39 is 6.10 Å². The minimum absolute atomic E-state index is 0. The van der Waals surface area contributed by atoms with Gasteiger partial charge in [-0.3, -0.25) is 9.79 Å². The Morgan fingerprint density at radius 3 is 2.50 bits per heavy atom. The number of piperazine rings is 1. The number of guanidine groups is 1. The van der Waals surface area contributed by atoms with E-state index >= 15 is 0 Å². The first-order valence-corrected chi connectivity index (χ1v) is 9.76. The molecular formula is C19H28ClIN4O3. The Morgan fingerprint density at radius 2 is 1.93 bits per heavy atom. The lowest BCUT2D eigenvalue weighted by atomic mass is 10.1. The fourth-order valence-electron chi connectivity index (χ4n) is 3.44. The molecular weight excluding hydrogens is 495 g/mol. The number of aliphatic imine (C=N–C) groups is 1. The van der Waals surface area contributed by atoms with Crippen molar-refractivity contribution in [2.75, 3.05) is 46.4 Å². The maximum atomic E-state index is 12.4. The molecule has 2 fully saturated rings. The molecule has 2 atom stereocenters. The molecule has 3 rings (SSSR count). The van der Waals surface area contributed by atoms with E-state index in [1.807, 2.05) is 17.0 Å². The summed E-state index contributed by atoms with van der Waals surface area (Å²) in [5.74, 6) is 0.834. The van der Waals surface area contributed by atoms with Crippen LogP contribution < -0.4 is 5.32 Å². The molecule has 0 aromatic heterocycles. The van der Waals surface area contributed by atoms with Crippen LogP contribution in [0.15, 0.2) is 29.3 Å². The molecule has 7 nitrogen and oxygen atoms in total. The van der Waals surface area contributed by atoms with E-state index in [1.165, 1.54) is 0 Å². The van der Waals surface area contributed by atoms with Gasteiger partial charge in [0.05, 0.1) is 6.10 Å². The molecule has 2 heterocycles. The number of ether oxygens (including phenoxy) is 1. The number of amides is 1. The van der Waals surface area contributed by atoms with Gasteiger partial charge in [-0.15, -0.1) is 24.0 Å². The van der Waals surface area contributed by atoms with Gasteiger partial charge in [0.15, 0.2) is 5.96 Å². The van der Waals surface area contributed by atoms with E-state index in [0.29, 0.717) is 44.4 Å². The van der Waals surface area contributed by atoms with Crippen molar-refractivity contribution in [3.8, 4) is 0 Å². The number of halogens is 2. The molecule has 0 aliphatic carbocycles. The maximum Gasteiger partial charge on any atom is 0.251 e. The van der Waals surface area contributed by atoms with Crippen molar-refractivity contribution in [1.29, 1.82) is 0 Å². The van der Waals surface area contributed by atoms with Crippen molar-refractivity contribution in [2.45, 2.75) is 25.0 Å². The van der Waals surface area contributed by atoms with Crippen molar-refractivity contribution in [3.63, 3.8) is 0 Å². The summed E-state index contributed by atoms with van der Waals surface area (Å²) >= 11 is 5.88. The summed E-state index contributed by atoms with van der Waals surface area (Å²) in [7, 11) is 1.72. The number of nitrogens with zero attached hydrogens (tertiary/aromatic N) is 3. The molecule has 2 N–H and O–H groups in total. The van der Waals surface area contributed by atoms with Gasteiger partial charge in [-0.1, -0.05) is 23.7 Å². The summed E-state index contributed by atoms with van der Waals surface area (Å²) in [6.07, 6.45) is 0.873. The second-order valence-electron chi connectivity index (χ2n) is 6.81. The molecule has 1 aromatic carbocycles. The van der Waals surface area contributed by atoms with Crippen molar-refractivity contribution in [3.05, 3.63) is 34.9 Å². The Labute approximate surface area is 188 Å². The first-order chi connectivity index (χ1) is 13.1. The number of aliphatic hydroxyl groups excluding tert-OH is 1. The van der Waals surface area contributed by atoms with Crippen LogP contribution >= 0.6 is 35.6 Å². The second kappa shape index (κ2) is 11.2. The zero-order chi connectivity index (χ0) is 19.2. The van der Waals surface area contributed by atoms with E-state index in [2.05, 4.69) is 15.2 Å². The van der Waals surface area contributed by atoms with Crippen molar-refractivity contribution in [1.82, 2.24) is 15.1 Å². The van der Waals surface area contributed by atoms with Gasteiger partial charge in [0.2, 0.25) is 0 Å². The van der Waals surface area contributed by atoms with Crippen LogP contribution in [0, 0.1) is 0 Å². The minimum Gasteiger partial charge on any atom is -0.387 e. The molecule has 0 saturated carbocycles. The van der Waals surface area contributed by atoms with Crippen LogP contribution in [0.1, 0.15) is 24.5 Å². The summed E-state index contributed by atoms with van der Waals surface area (Å²) in [6.45, 7) is 3.74. The highest BCUT2D eigenvalue weighted by molar-refractivity contribution is 14.0. The molecule has 1 amide bonds. The van der Waals surface area contributed by atoms with Gasteiger partial charge in [0.1, 0.15) is 6.10 Å². The van der Waals surface area contributed by atoms with Crippen molar-refractivity contribution < 1.29 is 14.6 Å². The van der Waals surface area contributed by atoms with Crippen LogP contribution in [-0.4, -0.2) is 79.3 Å². The highest BCUT2D eigenvalue weighted by atomic mass is 127. The van der Waals surface area contributed by atoms with Crippen LogP contribution in [0.3, 0.4) is 0 Å². The number of aliphatic hydroxyl groups is 1. The van der Waals surface area contributed by atoms with Gasteiger partial charge < -0.3 is 25.0 Å². The van der Waals surface area contributed by atoms with Crippen LogP contribution in [0.2, 0.25) is 5.02 Å². The molecule has 0 bridgehead atoms. The number of hydrogen-bond donors (Lipinski definition) is 2. The van der Waals surface area contributed by atoms with E-state index in [-0.39, 0.29) is 36.0 Å². The standard InChI is InChI=1S/C19H27ClN4O3.HI/c1-21-19(22-13-16(25)14-4-6-15(20)7-5-14)24-10-8-23(9-11-24)18(26)17-3-2-12-27-17;/h4-7,16-17,25H,2-3,8-13H2,1H3,(H,21,22);1H. The number of hydrogen-bond acceptors (Lipinski definition) is 4. The molecule has 2 saturated heterocycles. The van der Waals surface area contributed by atoms with Gasteiger partial charge in [-0.25, -0.2) is 0 Å². The zero-order valence-electron chi connectivity index (χ0n) is 16.0. The summed E-state index contributed by atoms with van der Waals surface area (Å²) in [5.41, 5.74) is 0.800. The van der Waals surface area contributed by atoms with Gasteiger partial charge in [-0.05, 0) is 30.5 Å². The van der Waals surface area contributed by atoms with Crippen LogP contribution in [0.4, 0.5) is 0 Å². The Balaban J connectivity index is 0.00000280. The van der Waals surface area contributed by atoms with Gasteiger partial charge in [-0.2, -0.15) is 0 Å². The predicted molar refractivity (Wildman–Crippen MR) is 120 cm³/mol. The largest absolute Gasteiger partial charge is 0.387 e. The Kier molecular flexibility index (Phi) is 9.26. The monoisotopic (exact) mass is 522 g/mol. The molecule has 2 unspecified atom stereocenters. The average molecular weight is 523 g/mol. The first-order valence-electron chi connectivity index (χ1n) is 9.38. The van der Waals surface area contributed by atoms with Crippen LogP contribution in [0.25, 0.3) is 0 Å². The molecule has 156 valence electrons. The van der Waals surface area contributed by atoms with Gasteiger partial charge in [0.25, 0.3) is 5.91 Å². The Hall–Kier alpha value is -1.10. The smallest absolute Gasteiger partial charge is 0.251 e. The van der Waals surface area contributed by atoms with E-state index in [0.717, 1.165) is 24.4 Å². The highest BCUT2D eigenvalue weighted by Crippen LogP contribution is 2.17. The van der Waals surface area contributed by atoms with E-state index in [1.54, 1.807) is 19.2 Å². The predicted octanol–water partition coefficient (Wildman–Crippen LogP) is 1.89. The molecule has 9 heteroatoms. The summed E-state index contributed by atoms with van der Waals surface area (Å²) < 4.78 is 5.50. The zero-order valence-corrected chi connectivity index (χ0v) is 19.1. The quantitative estimate of drug-likeness (QED) is 0.359. The molecule has 1 aromatic rings. The Bertz CT molecular complexity index is 660. The molecule has 0 radical (unpaired) electrons. The topological polar surface area (TPSA) is 77.4 Å². The van der Waals surface area contributed by atoms with Gasteiger partial charge in [0, 0.05) is 51.4 Å². The minimum atomic E-state index is -0.651. The Morgan fingerprint density at radius 1 is 1.29 bits per heavy atom. The lowest BCUT2D eigenvalue weighted by Crippen LogP contribution is -2.55. The lowest BCUT2D eigenvalue weighted by molar-refractivity contribution is -0.142. The number of carbonyl (C=O) groups excluding carboxylic acids is 1. The summed E-state index contributed by atoms with van der Waals surface area (Å²) in [4.78, 5) is 20.7. The third kappa shape index (κ3) is 5.95. The van der Waals surface area contributed by atoms with Crippen LogP contribution in [0.5, 0.6) is 0 Å². The van der Waals surface area contributed by atoms with E-state index in [4.69, 9.17) is 16.3 Å². The fraction of sp³-hybridized carbons (Fsp3) is 0.579. The summed E-state index contributed by atoms with van der Waals surface area (Å²) in [5, 5.41) is 14.2. The SMILES string of the molecule is CN=C(NCC(O)c1ccc(Cl)cc1)N1CCN(C(=O)C2CCCO2)CC1.I.